The van der Waals surface area contributed by atoms with Gasteiger partial charge < -0.3 is 5.73 Å². The lowest BCUT2D eigenvalue weighted by atomic mass is 10.1. The Kier molecular flexibility index (Phi) is 3.00. The highest BCUT2D eigenvalue weighted by molar-refractivity contribution is 6.23. The van der Waals surface area contributed by atoms with Gasteiger partial charge in [-0.15, -0.1) is 0 Å². The summed E-state index contributed by atoms with van der Waals surface area (Å²) in [5.41, 5.74) is 4.74. The number of anilines is 1. The molecule has 0 bridgehead atoms. The second-order valence-corrected chi connectivity index (χ2v) is 4.96. The molecule has 0 spiro atoms. The molecule has 2 aromatic rings. The molecular formula is C15H9FN4O3. The normalized spacial score (nSPS) is 12.7. The van der Waals surface area contributed by atoms with Crippen LogP contribution in [0.3, 0.4) is 0 Å². The van der Waals surface area contributed by atoms with Gasteiger partial charge in [0.1, 0.15) is 5.82 Å². The smallest absolute Gasteiger partial charge is 0.262 e. The molecule has 2 heterocycles. The van der Waals surface area contributed by atoms with Crippen LogP contribution in [0.15, 0.2) is 23.0 Å². The van der Waals surface area contributed by atoms with Gasteiger partial charge in [0.15, 0.2) is 5.82 Å². The minimum absolute atomic E-state index is 0.0531. The van der Waals surface area contributed by atoms with Crippen LogP contribution in [0.4, 0.5) is 10.2 Å². The summed E-state index contributed by atoms with van der Waals surface area (Å²) in [6, 6.07) is 5.33. The molecule has 2 amide bonds. The summed E-state index contributed by atoms with van der Waals surface area (Å²) in [6.07, 6.45) is 0. The van der Waals surface area contributed by atoms with Crippen LogP contribution in [-0.4, -0.2) is 16.4 Å². The Hall–Kier alpha value is -3.47. The third-order valence-corrected chi connectivity index (χ3v) is 3.68. The molecule has 23 heavy (non-hydrogen) atoms. The zero-order valence-corrected chi connectivity index (χ0v) is 11.8. The van der Waals surface area contributed by atoms with Crippen molar-refractivity contribution in [3.63, 3.8) is 0 Å². The molecule has 3 N–H and O–H groups in total. The number of aromatic nitrogens is 1. The third kappa shape index (κ3) is 1.91. The van der Waals surface area contributed by atoms with Gasteiger partial charge in [-0.05, 0) is 19.1 Å². The molecule has 1 aliphatic rings. The molecule has 7 nitrogen and oxygen atoms in total. The van der Waals surface area contributed by atoms with Crippen molar-refractivity contribution in [3.8, 4) is 11.8 Å². The standard InChI is InChI=1S/C15H9FN4O3/c1-6-7(5-17)2-3-9(12(6)16)20-10(21)4-8-11(13(20)18)15(23)19-14(8)22/h2-4H,18H2,1H3,(H,19,22,23). The highest BCUT2D eigenvalue weighted by Gasteiger charge is 2.32. The first-order valence-electron chi connectivity index (χ1n) is 6.47. The van der Waals surface area contributed by atoms with E-state index in [1.165, 1.54) is 19.1 Å². The highest BCUT2D eigenvalue weighted by atomic mass is 19.1. The predicted molar refractivity (Wildman–Crippen MR) is 77.7 cm³/mol. The second kappa shape index (κ2) is 4.78. The number of fused-ring (bicyclic) bond motifs is 1. The monoisotopic (exact) mass is 312 g/mol. The number of hydrogen-bond acceptors (Lipinski definition) is 5. The Balaban J connectivity index is 2.36. The van der Waals surface area contributed by atoms with Crippen LogP contribution in [0.1, 0.15) is 31.8 Å². The molecule has 0 unspecified atom stereocenters. The van der Waals surface area contributed by atoms with Gasteiger partial charge >= 0.3 is 0 Å². The van der Waals surface area contributed by atoms with Crippen molar-refractivity contribution < 1.29 is 14.0 Å². The molecule has 8 heteroatoms. The second-order valence-electron chi connectivity index (χ2n) is 4.96. The summed E-state index contributed by atoms with van der Waals surface area (Å²) >= 11 is 0. The molecule has 1 aromatic carbocycles. The predicted octanol–water partition coefficient (Wildman–Crippen LogP) is 0.623. The Bertz CT molecular complexity index is 1000. The van der Waals surface area contributed by atoms with Gasteiger partial charge in [0.25, 0.3) is 17.4 Å². The number of hydrogen-bond donors (Lipinski definition) is 2. The number of pyridine rings is 1. The quantitative estimate of drug-likeness (QED) is 0.748. The first-order chi connectivity index (χ1) is 10.9. The van der Waals surface area contributed by atoms with Gasteiger partial charge in [0.2, 0.25) is 0 Å². The number of nitrogens with zero attached hydrogens (tertiary/aromatic N) is 2. The van der Waals surface area contributed by atoms with Crippen molar-refractivity contribution in [2.75, 3.05) is 5.73 Å². The molecule has 3 rings (SSSR count). The van der Waals surface area contributed by atoms with Crippen LogP contribution in [0.25, 0.3) is 5.69 Å². The van der Waals surface area contributed by atoms with E-state index in [9.17, 15) is 18.8 Å². The van der Waals surface area contributed by atoms with E-state index in [2.05, 4.69) is 0 Å². The van der Waals surface area contributed by atoms with Gasteiger partial charge in [-0.2, -0.15) is 5.26 Å². The van der Waals surface area contributed by atoms with E-state index in [0.29, 0.717) is 0 Å². The van der Waals surface area contributed by atoms with Crippen molar-refractivity contribution in [2.24, 2.45) is 0 Å². The number of nitrogens with two attached hydrogens (primary N) is 1. The average Bonchev–Trinajstić information content (AvgIpc) is 2.78. The summed E-state index contributed by atoms with van der Waals surface area (Å²) in [5, 5.41) is 10.9. The van der Waals surface area contributed by atoms with Crippen molar-refractivity contribution in [1.82, 2.24) is 9.88 Å². The molecule has 0 aliphatic carbocycles. The molecular weight excluding hydrogens is 303 g/mol. The van der Waals surface area contributed by atoms with Crippen LogP contribution in [0.5, 0.6) is 0 Å². The number of nitriles is 1. The minimum atomic E-state index is -0.803. The Morgan fingerprint density at radius 3 is 2.61 bits per heavy atom. The van der Waals surface area contributed by atoms with E-state index < -0.39 is 23.2 Å². The van der Waals surface area contributed by atoms with Gasteiger partial charge in [-0.1, -0.05) is 0 Å². The number of carbonyl (C=O) groups excluding carboxylic acids is 2. The summed E-state index contributed by atoms with van der Waals surface area (Å²) in [6.45, 7) is 1.39. The average molecular weight is 312 g/mol. The number of nitrogens with one attached hydrogen (secondary N) is 1. The molecule has 0 fully saturated rings. The number of benzene rings is 1. The fourth-order valence-corrected chi connectivity index (χ4v) is 2.49. The van der Waals surface area contributed by atoms with E-state index in [4.69, 9.17) is 11.0 Å². The van der Waals surface area contributed by atoms with Gasteiger partial charge in [-0.25, -0.2) is 4.39 Å². The summed E-state index contributed by atoms with van der Waals surface area (Å²) in [4.78, 5) is 35.6. The number of rotatable bonds is 1. The fraction of sp³-hybridized carbons (Fsp3) is 0.0667. The Morgan fingerprint density at radius 1 is 1.26 bits per heavy atom. The van der Waals surface area contributed by atoms with Gasteiger partial charge in [0, 0.05) is 11.6 Å². The molecule has 0 atom stereocenters. The largest absolute Gasteiger partial charge is 0.384 e. The number of nitrogen functional groups attached to an aromatic ring is 1. The van der Waals surface area contributed by atoms with E-state index in [0.717, 1.165) is 10.6 Å². The van der Waals surface area contributed by atoms with E-state index in [-0.39, 0.29) is 33.8 Å². The van der Waals surface area contributed by atoms with Gasteiger partial charge in [-0.3, -0.25) is 24.3 Å². The zero-order chi connectivity index (χ0) is 16.9. The van der Waals surface area contributed by atoms with E-state index in [1.54, 1.807) is 0 Å². The molecule has 0 radical (unpaired) electrons. The van der Waals surface area contributed by atoms with Crippen molar-refractivity contribution in [1.29, 1.82) is 5.26 Å². The van der Waals surface area contributed by atoms with Crippen molar-refractivity contribution >= 4 is 17.6 Å². The van der Waals surface area contributed by atoms with E-state index in [1.807, 2.05) is 11.4 Å². The lowest BCUT2D eigenvalue weighted by Crippen LogP contribution is -2.25. The van der Waals surface area contributed by atoms with E-state index >= 15 is 0 Å². The summed E-state index contributed by atoms with van der Waals surface area (Å²) in [7, 11) is 0. The van der Waals surface area contributed by atoms with Crippen molar-refractivity contribution in [2.45, 2.75) is 6.92 Å². The Labute approximate surface area is 128 Å². The molecule has 1 aromatic heterocycles. The van der Waals surface area contributed by atoms with Crippen LogP contribution in [0, 0.1) is 24.1 Å². The summed E-state index contributed by atoms with van der Waals surface area (Å²) < 4.78 is 15.3. The fourth-order valence-electron chi connectivity index (χ4n) is 2.49. The number of imide groups is 1. The molecule has 0 saturated carbocycles. The highest BCUT2D eigenvalue weighted by Crippen LogP contribution is 2.25. The van der Waals surface area contributed by atoms with Crippen molar-refractivity contribution in [3.05, 3.63) is 56.6 Å². The van der Waals surface area contributed by atoms with Crippen LogP contribution < -0.4 is 16.6 Å². The first kappa shape index (κ1) is 14.5. The minimum Gasteiger partial charge on any atom is -0.384 e. The summed E-state index contributed by atoms with van der Waals surface area (Å²) in [5.74, 6) is -2.61. The lowest BCUT2D eigenvalue weighted by molar-refractivity contribution is 0.0880. The maximum absolute atomic E-state index is 14.5. The number of carbonyl (C=O) groups is 2. The first-order valence-corrected chi connectivity index (χ1v) is 6.47. The molecule has 1 aliphatic heterocycles. The Morgan fingerprint density at radius 2 is 1.96 bits per heavy atom. The van der Waals surface area contributed by atoms with Crippen LogP contribution in [0.2, 0.25) is 0 Å². The van der Waals surface area contributed by atoms with Crippen LogP contribution >= 0.6 is 0 Å². The van der Waals surface area contributed by atoms with Crippen LogP contribution in [-0.2, 0) is 0 Å². The maximum Gasteiger partial charge on any atom is 0.262 e. The molecule has 114 valence electrons. The zero-order valence-electron chi connectivity index (χ0n) is 11.8. The maximum atomic E-state index is 14.5. The molecule has 0 saturated heterocycles. The third-order valence-electron chi connectivity index (χ3n) is 3.68. The number of halogens is 1. The topological polar surface area (TPSA) is 118 Å². The number of amides is 2. The SMILES string of the molecule is Cc1c(C#N)ccc(-n2c(N)c3c(cc2=O)C(=O)NC3=O)c1F. The lowest BCUT2D eigenvalue weighted by Gasteiger charge is -2.14. The van der Waals surface area contributed by atoms with Gasteiger partial charge in [0.05, 0.1) is 28.4 Å².